The lowest BCUT2D eigenvalue weighted by Crippen LogP contribution is -2.30. The predicted octanol–water partition coefficient (Wildman–Crippen LogP) is 0.544. The molecule has 1 heterocycles. The van der Waals surface area contributed by atoms with Crippen molar-refractivity contribution in [1.29, 1.82) is 0 Å². The molecule has 0 unspecified atom stereocenters. The van der Waals surface area contributed by atoms with E-state index in [1.807, 2.05) is 5.43 Å². The molecule has 4 N–H and O–H groups in total. The number of hydrogen-bond acceptors (Lipinski definition) is 4. The van der Waals surface area contributed by atoms with Crippen molar-refractivity contribution in [3.63, 3.8) is 0 Å². The third-order valence-electron chi connectivity index (χ3n) is 2.06. The molecule has 0 bridgehead atoms. The topological polar surface area (TPSA) is 88.2 Å². The molecule has 0 spiro atoms. The number of nitrogens with one attached hydrogen (secondary N) is 1. The number of benzene rings is 1. The SMILES string of the molecule is NNC(=O)c1ccc2cccc(O)c2n1. The molecule has 5 nitrogen and oxygen atoms in total. The zero-order chi connectivity index (χ0) is 10.8. The maximum atomic E-state index is 11.2. The molecule has 2 rings (SSSR count). The largest absolute Gasteiger partial charge is 0.506 e. The minimum atomic E-state index is -0.486. The van der Waals surface area contributed by atoms with Crippen LogP contribution in [0.2, 0.25) is 0 Å². The number of nitrogens with two attached hydrogens (primary N) is 1. The summed E-state index contributed by atoms with van der Waals surface area (Å²) in [6.07, 6.45) is 0. The fourth-order valence-corrected chi connectivity index (χ4v) is 1.33. The molecular formula is C10H9N3O2. The number of pyridine rings is 1. The molecule has 0 aliphatic carbocycles. The van der Waals surface area contributed by atoms with E-state index in [2.05, 4.69) is 4.98 Å². The summed E-state index contributed by atoms with van der Waals surface area (Å²) < 4.78 is 0. The molecule has 0 aliphatic heterocycles. The van der Waals surface area contributed by atoms with Gasteiger partial charge in [-0.25, -0.2) is 10.8 Å². The number of nitrogen functional groups attached to an aromatic ring is 1. The number of carbonyl (C=O) groups excluding carboxylic acids is 1. The third kappa shape index (κ3) is 1.60. The second kappa shape index (κ2) is 3.55. The average molecular weight is 203 g/mol. The van der Waals surface area contributed by atoms with Crippen LogP contribution in [-0.2, 0) is 0 Å². The van der Waals surface area contributed by atoms with E-state index in [0.29, 0.717) is 5.52 Å². The Morgan fingerprint density at radius 1 is 1.33 bits per heavy atom. The number of phenols is 1. The van der Waals surface area contributed by atoms with Crippen LogP contribution in [0.15, 0.2) is 30.3 Å². The summed E-state index contributed by atoms with van der Waals surface area (Å²) in [5.74, 6) is 4.54. The van der Waals surface area contributed by atoms with Gasteiger partial charge in [-0.3, -0.25) is 10.2 Å². The van der Waals surface area contributed by atoms with Crippen molar-refractivity contribution in [2.75, 3.05) is 0 Å². The van der Waals surface area contributed by atoms with E-state index in [1.165, 1.54) is 6.07 Å². The van der Waals surface area contributed by atoms with Crippen molar-refractivity contribution < 1.29 is 9.90 Å². The number of rotatable bonds is 1. The van der Waals surface area contributed by atoms with E-state index in [9.17, 15) is 9.90 Å². The molecule has 0 radical (unpaired) electrons. The fraction of sp³-hybridized carbons (Fsp3) is 0. The summed E-state index contributed by atoms with van der Waals surface area (Å²) in [6, 6.07) is 8.27. The molecule has 0 saturated heterocycles. The average Bonchev–Trinajstić information content (AvgIpc) is 2.28. The monoisotopic (exact) mass is 203 g/mol. The van der Waals surface area contributed by atoms with E-state index in [0.717, 1.165) is 5.39 Å². The van der Waals surface area contributed by atoms with Crippen LogP contribution in [0, 0.1) is 0 Å². The second-order valence-electron chi connectivity index (χ2n) is 3.02. The molecule has 0 atom stereocenters. The van der Waals surface area contributed by atoms with Gasteiger partial charge in [0.05, 0.1) is 0 Å². The van der Waals surface area contributed by atoms with Crippen molar-refractivity contribution in [2.24, 2.45) is 5.84 Å². The van der Waals surface area contributed by atoms with Crippen LogP contribution in [-0.4, -0.2) is 16.0 Å². The summed E-state index contributed by atoms with van der Waals surface area (Å²) in [5.41, 5.74) is 2.54. The Balaban J connectivity index is 2.64. The first kappa shape index (κ1) is 9.42. The van der Waals surface area contributed by atoms with Gasteiger partial charge in [0.1, 0.15) is 17.0 Å². The number of hydrazine groups is 1. The van der Waals surface area contributed by atoms with Crippen LogP contribution < -0.4 is 11.3 Å². The van der Waals surface area contributed by atoms with Crippen LogP contribution in [0.4, 0.5) is 0 Å². The summed E-state index contributed by atoms with van der Waals surface area (Å²) in [6.45, 7) is 0. The first-order chi connectivity index (χ1) is 7.22. The van der Waals surface area contributed by atoms with Gasteiger partial charge in [0.2, 0.25) is 0 Å². The van der Waals surface area contributed by atoms with Crippen LogP contribution >= 0.6 is 0 Å². The van der Waals surface area contributed by atoms with Gasteiger partial charge in [-0.15, -0.1) is 0 Å². The summed E-state index contributed by atoms with van der Waals surface area (Å²) in [5, 5.41) is 10.3. The zero-order valence-electron chi connectivity index (χ0n) is 7.77. The van der Waals surface area contributed by atoms with Crippen molar-refractivity contribution in [3.8, 4) is 5.75 Å². The van der Waals surface area contributed by atoms with Crippen molar-refractivity contribution in [1.82, 2.24) is 10.4 Å². The van der Waals surface area contributed by atoms with Crippen LogP contribution in [0.5, 0.6) is 5.75 Å². The normalized spacial score (nSPS) is 10.2. The molecule has 0 aliphatic rings. The van der Waals surface area contributed by atoms with E-state index < -0.39 is 5.91 Å². The fourth-order valence-electron chi connectivity index (χ4n) is 1.33. The van der Waals surface area contributed by atoms with E-state index in [-0.39, 0.29) is 11.4 Å². The maximum absolute atomic E-state index is 11.2. The van der Waals surface area contributed by atoms with E-state index in [1.54, 1.807) is 24.3 Å². The van der Waals surface area contributed by atoms with Gasteiger partial charge < -0.3 is 5.11 Å². The number of para-hydroxylation sites is 1. The number of hydrogen-bond donors (Lipinski definition) is 3. The lowest BCUT2D eigenvalue weighted by atomic mass is 10.2. The van der Waals surface area contributed by atoms with Gasteiger partial charge in [-0.05, 0) is 12.1 Å². The number of amides is 1. The summed E-state index contributed by atoms with van der Waals surface area (Å²) >= 11 is 0. The van der Waals surface area contributed by atoms with Gasteiger partial charge >= 0.3 is 0 Å². The minimum Gasteiger partial charge on any atom is -0.506 e. The Kier molecular flexibility index (Phi) is 2.23. The highest BCUT2D eigenvalue weighted by molar-refractivity contribution is 5.95. The van der Waals surface area contributed by atoms with E-state index in [4.69, 9.17) is 5.84 Å². The molecule has 5 heteroatoms. The van der Waals surface area contributed by atoms with E-state index >= 15 is 0 Å². The highest BCUT2D eigenvalue weighted by atomic mass is 16.3. The molecule has 15 heavy (non-hydrogen) atoms. The number of nitrogens with zero attached hydrogens (tertiary/aromatic N) is 1. The van der Waals surface area contributed by atoms with Gasteiger partial charge in [0.25, 0.3) is 5.91 Å². The standard InChI is InChI=1S/C10H9N3O2/c11-13-10(15)7-5-4-6-2-1-3-8(14)9(6)12-7/h1-5,14H,11H2,(H,13,15). The van der Waals surface area contributed by atoms with Crippen molar-refractivity contribution in [2.45, 2.75) is 0 Å². The molecule has 76 valence electrons. The molecule has 1 amide bonds. The molecule has 0 fully saturated rings. The Hall–Kier alpha value is -2.14. The Morgan fingerprint density at radius 3 is 2.87 bits per heavy atom. The van der Waals surface area contributed by atoms with Gasteiger partial charge in [0.15, 0.2) is 0 Å². The number of carbonyl (C=O) groups is 1. The highest BCUT2D eigenvalue weighted by Gasteiger charge is 2.07. The lowest BCUT2D eigenvalue weighted by Gasteiger charge is -2.02. The molecule has 2 aromatic rings. The zero-order valence-corrected chi connectivity index (χ0v) is 7.77. The van der Waals surface area contributed by atoms with Gasteiger partial charge in [-0.2, -0.15) is 0 Å². The maximum Gasteiger partial charge on any atom is 0.283 e. The minimum absolute atomic E-state index is 0.0409. The number of aromatic hydroxyl groups is 1. The number of aromatic nitrogens is 1. The molecule has 1 aromatic carbocycles. The predicted molar refractivity (Wildman–Crippen MR) is 55.1 cm³/mol. The Labute approximate surface area is 85.5 Å². The first-order valence-corrected chi connectivity index (χ1v) is 4.32. The quantitative estimate of drug-likeness (QED) is 0.358. The van der Waals surface area contributed by atoms with Crippen LogP contribution in [0.1, 0.15) is 10.5 Å². The Bertz CT molecular complexity index is 525. The third-order valence-corrected chi connectivity index (χ3v) is 2.06. The van der Waals surface area contributed by atoms with Gasteiger partial charge in [-0.1, -0.05) is 18.2 Å². The van der Waals surface area contributed by atoms with Crippen molar-refractivity contribution in [3.05, 3.63) is 36.0 Å². The molecular weight excluding hydrogens is 194 g/mol. The lowest BCUT2D eigenvalue weighted by molar-refractivity contribution is 0.0949. The smallest absolute Gasteiger partial charge is 0.283 e. The molecule has 1 aromatic heterocycles. The highest BCUT2D eigenvalue weighted by Crippen LogP contribution is 2.22. The van der Waals surface area contributed by atoms with Crippen molar-refractivity contribution >= 4 is 16.8 Å². The number of fused-ring (bicyclic) bond motifs is 1. The summed E-state index contributed by atoms with van der Waals surface area (Å²) in [4.78, 5) is 15.2. The second-order valence-corrected chi connectivity index (χ2v) is 3.02. The van der Waals surface area contributed by atoms with Crippen LogP contribution in [0.25, 0.3) is 10.9 Å². The Morgan fingerprint density at radius 2 is 2.13 bits per heavy atom. The van der Waals surface area contributed by atoms with Gasteiger partial charge in [0, 0.05) is 5.39 Å². The summed E-state index contributed by atoms with van der Waals surface area (Å²) in [7, 11) is 0. The van der Waals surface area contributed by atoms with Crippen LogP contribution in [0.3, 0.4) is 0 Å². The number of phenolic OH excluding ortho intramolecular Hbond substituents is 1. The molecule has 0 saturated carbocycles. The first-order valence-electron chi connectivity index (χ1n) is 4.32.